The molecule has 25 heavy (non-hydrogen) atoms. The highest BCUT2D eigenvalue weighted by molar-refractivity contribution is 7.20. The molecule has 2 aromatic rings. The molecular weight excluding hydrogens is 336 g/mol. The number of carbonyl (C=O) groups excluding carboxylic acids is 1. The molecule has 1 aliphatic heterocycles. The van der Waals surface area contributed by atoms with Crippen molar-refractivity contribution < 1.29 is 9.53 Å². The molecule has 3 rings (SSSR count). The summed E-state index contributed by atoms with van der Waals surface area (Å²) >= 11 is 1.55. The van der Waals surface area contributed by atoms with Crippen LogP contribution in [0.5, 0.6) is 0 Å². The highest BCUT2D eigenvalue weighted by Gasteiger charge is 2.26. The van der Waals surface area contributed by atoms with Crippen molar-refractivity contribution in [3.63, 3.8) is 0 Å². The summed E-state index contributed by atoms with van der Waals surface area (Å²) in [5.74, 6) is 0.485. The van der Waals surface area contributed by atoms with Gasteiger partial charge in [0.15, 0.2) is 0 Å². The van der Waals surface area contributed by atoms with Crippen LogP contribution in [-0.2, 0) is 11.8 Å². The van der Waals surface area contributed by atoms with E-state index in [2.05, 4.69) is 18.9 Å². The molecule has 1 amide bonds. The van der Waals surface area contributed by atoms with E-state index in [0.29, 0.717) is 12.5 Å². The molecule has 0 atom stereocenters. The first-order valence-electron chi connectivity index (χ1n) is 9.08. The van der Waals surface area contributed by atoms with Crippen LogP contribution >= 0.6 is 11.3 Å². The van der Waals surface area contributed by atoms with Crippen LogP contribution in [0.1, 0.15) is 54.4 Å². The predicted octanol–water partition coefficient (Wildman–Crippen LogP) is 2.73. The molecule has 0 aliphatic carbocycles. The summed E-state index contributed by atoms with van der Waals surface area (Å²) in [5, 5.41) is 5.70. The van der Waals surface area contributed by atoms with Gasteiger partial charge in [0, 0.05) is 32.1 Å². The first kappa shape index (κ1) is 18.4. The van der Waals surface area contributed by atoms with Crippen LogP contribution in [0.15, 0.2) is 6.07 Å². The van der Waals surface area contributed by atoms with Gasteiger partial charge < -0.3 is 15.4 Å². The zero-order valence-electron chi connectivity index (χ0n) is 15.3. The lowest BCUT2D eigenvalue weighted by Crippen LogP contribution is -2.40. The Morgan fingerprint density at radius 1 is 1.44 bits per heavy atom. The summed E-state index contributed by atoms with van der Waals surface area (Å²) in [5.41, 5.74) is 6.56. The number of hydrogen-bond acceptors (Lipinski definition) is 5. The van der Waals surface area contributed by atoms with Crippen LogP contribution in [0.25, 0.3) is 10.2 Å². The predicted molar refractivity (Wildman–Crippen MR) is 101 cm³/mol. The van der Waals surface area contributed by atoms with Gasteiger partial charge in [0.2, 0.25) is 0 Å². The summed E-state index contributed by atoms with van der Waals surface area (Å²) in [6, 6.07) is 2.02. The van der Waals surface area contributed by atoms with Crippen LogP contribution in [0.3, 0.4) is 0 Å². The second-order valence-corrected chi connectivity index (χ2v) is 8.03. The van der Waals surface area contributed by atoms with Gasteiger partial charge in [-0.1, -0.05) is 13.8 Å². The third-order valence-corrected chi connectivity index (χ3v) is 5.92. The molecule has 7 heteroatoms. The molecular formula is C18H28N4O2S. The van der Waals surface area contributed by atoms with Crippen molar-refractivity contribution in [3.8, 4) is 0 Å². The quantitative estimate of drug-likeness (QED) is 0.800. The Kier molecular flexibility index (Phi) is 5.76. The summed E-state index contributed by atoms with van der Waals surface area (Å²) in [6.45, 7) is 7.17. The number of carbonyl (C=O) groups is 1. The molecule has 0 aromatic carbocycles. The van der Waals surface area contributed by atoms with Crippen molar-refractivity contribution in [3.05, 3.63) is 16.6 Å². The van der Waals surface area contributed by atoms with Crippen molar-refractivity contribution >= 4 is 27.5 Å². The fourth-order valence-corrected chi connectivity index (χ4v) is 4.36. The fourth-order valence-electron chi connectivity index (χ4n) is 3.31. The number of hydrogen-bond donors (Lipinski definition) is 1. The maximum Gasteiger partial charge on any atom is 0.264 e. The Bertz CT molecular complexity index is 729. The summed E-state index contributed by atoms with van der Waals surface area (Å²) in [6.07, 6.45) is 2.96. The van der Waals surface area contributed by atoms with Crippen molar-refractivity contribution in [1.29, 1.82) is 0 Å². The van der Waals surface area contributed by atoms with Gasteiger partial charge in [-0.05, 0) is 37.8 Å². The average Bonchev–Trinajstić information content (AvgIpc) is 3.16. The van der Waals surface area contributed by atoms with Gasteiger partial charge in [0.1, 0.15) is 4.83 Å². The van der Waals surface area contributed by atoms with Crippen molar-refractivity contribution in [2.45, 2.75) is 45.1 Å². The highest BCUT2D eigenvalue weighted by atomic mass is 32.1. The number of aromatic nitrogens is 2. The van der Waals surface area contributed by atoms with Crippen LogP contribution in [0, 0.1) is 0 Å². The molecule has 2 N–H and O–H groups in total. The van der Waals surface area contributed by atoms with Gasteiger partial charge in [-0.2, -0.15) is 5.10 Å². The van der Waals surface area contributed by atoms with Crippen LogP contribution in [-0.4, -0.2) is 52.9 Å². The normalized spacial score (nSPS) is 16.3. The maximum atomic E-state index is 12.9. The molecule has 2 aromatic heterocycles. The summed E-state index contributed by atoms with van der Waals surface area (Å²) in [4.78, 5) is 16.7. The van der Waals surface area contributed by atoms with E-state index in [-0.39, 0.29) is 12.0 Å². The second-order valence-electron chi connectivity index (χ2n) is 7.00. The molecule has 6 nitrogen and oxygen atoms in total. The van der Waals surface area contributed by atoms with E-state index in [1.54, 1.807) is 11.3 Å². The molecule has 0 bridgehead atoms. The van der Waals surface area contributed by atoms with Crippen LogP contribution in [0.2, 0.25) is 0 Å². The zero-order chi connectivity index (χ0) is 18.0. The molecule has 1 saturated heterocycles. The SMILES string of the molecule is CC(C)c1nn(C)c2sc(C(=O)N3CCC(OCCCN)CC3)cc12. The number of rotatable bonds is 6. The van der Waals surface area contributed by atoms with Crippen molar-refractivity contribution in [2.24, 2.45) is 12.8 Å². The minimum Gasteiger partial charge on any atom is -0.378 e. The Labute approximate surface area is 152 Å². The smallest absolute Gasteiger partial charge is 0.264 e. The number of piperidine rings is 1. The highest BCUT2D eigenvalue weighted by Crippen LogP contribution is 2.32. The van der Waals surface area contributed by atoms with Crippen molar-refractivity contribution in [1.82, 2.24) is 14.7 Å². The van der Waals surface area contributed by atoms with E-state index >= 15 is 0 Å². The lowest BCUT2D eigenvalue weighted by atomic mass is 10.1. The van der Waals surface area contributed by atoms with E-state index in [1.165, 1.54) is 0 Å². The topological polar surface area (TPSA) is 73.4 Å². The van der Waals surface area contributed by atoms with Crippen LogP contribution < -0.4 is 5.73 Å². The molecule has 1 aliphatic rings. The molecule has 0 radical (unpaired) electrons. The minimum absolute atomic E-state index is 0.135. The zero-order valence-corrected chi connectivity index (χ0v) is 16.1. The number of amides is 1. The molecule has 138 valence electrons. The van der Waals surface area contributed by atoms with Crippen molar-refractivity contribution in [2.75, 3.05) is 26.2 Å². The molecule has 1 fully saturated rings. The number of fused-ring (bicyclic) bond motifs is 1. The van der Waals surface area contributed by atoms with Gasteiger partial charge in [-0.3, -0.25) is 9.48 Å². The van der Waals surface area contributed by atoms with Crippen LogP contribution in [0.4, 0.5) is 0 Å². The van der Waals surface area contributed by atoms with Gasteiger partial charge in [-0.15, -0.1) is 11.3 Å². The number of nitrogens with two attached hydrogens (primary N) is 1. The van der Waals surface area contributed by atoms with Gasteiger partial charge in [-0.25, -0.2) is 0 Å². The Balaban J connectivity index is 1.66. The lowest BCUT2D eigenvalue weighted by molar-refractivity contribution is 0.00858. The van der Waals surface area contributed by atoms with E-state index < -0.39 is 0 Å². The Morgan fingerprint density at radius 3 is 2.80 bits per heavy atom. The summed E-state index contributed by atoms with van der Waals surface area (Å²) in [7, 11) is 1.95. The maximum absolute atomic E-state index is 12.9. The average molecular weight is 365 g/mol. The molecule has 3 heterocycles. The van der Waals surface area contributed by atoms with Gasteiger partial charge in [0.25, 0.3) is 5.91 Å². The standard InChI is InChI=1S/C18H28N4O2S/c1-12(2)16-14-11-15(25-18(14)21(3)20-16)17(23)22-8-5-13(6-9-22)24-10-4-7-19/h11-13H,4-10,19H2,1-3H3. The van der Waals surface area contributed by atoms with Gasteiger partial charge in [0.05, 0.1) is 16.7 Å². The summed E-state index contributed by atoms with van der Waals surface area (Å²) < 4.78 is 7.72. The Morgan fingerprint density at radius 2 is 2.16 bits per heavy atom. The second kappa shape index (κ2) is 7.85. The molecule has 0 unspecified atom stereocenters. The van der Waals surface area contributed by atoms with E-state index in [4.69, 9.17) is 10.5 Å². The van der Waals surface area contributed by atoms with Gasteiger partial charge >= 0.3 is 0 Å². The molecule has 0 spiro atoms. The molecule has 0 saturated carbocycles. The minimum atomic E-state index is 0.135. The number of ether oxygens (including phenoxy) is 1. The first-order chi connectivity index (χ1) is 12.0. The van der Waals surface area contributed by atoms with E-state index in [0.717, 1.165) is 59.7 Å². The number of nitrogens with zero attached hydrogens (tertiary/aromatic N) is 3. The first-order valence-corrected chi connectivity index (χ1v) is 9.90. The number of likely N-dealkylation sites (tertiary alicyclic amines) is 1. The third kappa shape index (κ3) is 3.88. The lowest BCUT2D eigenvalue weighted by Gasteiger charge is -2.31. The fraction of sp³-hybridized carbons (Fsp3) is 0.667. The Hall–Kier alpha value is -1.44. The van der Waals surface area contributed by atoms with E-state index in [1.807, 2.05) is 22.7 Å². The largest absolute Gasteiger partial charge is 0.378 e. The monoisotopic (exact) mass is 364 g/mol. The number of thiophene rings is 1. The number of aryl methyl sites for hydroxylation is 1. The van der Waals surface area contributed by atoms with E-state index in [9.17, 15) is 4.79 Å². The third-order valence-electron chi connectivity index (χ3n) is 4.73.